The number of likely N-dealkylation sites (tertiary alicyclic amines) is 1. The summed E-state index contributed by atoms with van der Waals surface area (Å²) in [6.45, 7) is 4.70. The van der Waals surface area contributed by atoms with Gasteiger partial charge in [-0.05, 0) is 19.3 Å². The zero-order valence-electron chi connectivity index (χ0n) is 14.0. The Labute approximate surface area is 138 Å². The maximum absolute atomic E-state index is 12.5. The molecule has 3 fully saturated rings. The molecule has 0 radical (unpaired) electrons. The van der Waals surface area contributed by atoms with Crippen LogP contribution in [-0.4, -0.2) is 83.1 Å². The van der Waals surface area contributed by atoms with Crippen LogP contribution in [0.2, 0.25) is 0 Å². The van der Waals surface area contributed by atoms with Crippen molar-refractivity contribution in [2.45, 2.75) is 56.1 Å². The van der Waals surface area contributed by atoms with Crippen LogP contribution in [0.25, 0.3) is 0 Å². The third-order valence-corrected chi connectivity index (χ3v) is 5.57. The molecule has 23 heavy (non-hydrogen) atoms. The molecule has 0 aromatic carbocycles. The van der Waals surface area contributed by atoms with E-state index in [1.807, 2.05) is 0 Å². The van der Waals surface area contributed by atoms with Crippen LogP contribution in [0.1, 0.15) is 44.9 Å². The second kappa shape index (κ2) is 7.05. The van der Waals surface area contributed by atoms with Crippen molar-refractivity contribution < 1.29 is 19.7 Å². The summed E-state index contributed by atoms with van der Waals surface area (Å²) in [7, 11) is 0. The van der Waals surface area contributed by atoms with Crippen LogP contribution >= 0.6 is 0 Å². The van der Waals surface area contributed by atoms with Crippen molar-refractivity contribution in [2.75, 3.05) is 45.9 Å². The van der Waals surface area contributed by atoms with Crippen molar-refractivity contribution in [3.63, 3.8) is 0 Å². The first kappa shape index (κ1) is 17.1. The lowest BCUT2D eigenvalue weighted by Gasteiger charge is -2.34. The largest absolute Gasteiger partial charge is 0.389 e. The Hall–Kier alpha value is -0.690. The number of morpholine rings is 1. The minimum absolute atomic E-state index is 0.00713. The zero-order chi connectivity index (χ0) is 16.3. The lowest BCUT2D eigenvalue weighted by molar-refractivity contribution is -0.138. The predicted octanol–water partition coefficient (Wildman–Crippen LogP) is 0.367. The molecule has 3 aliphatic rings. The molecule has 1 aliphatic carbocycles. The van der Waals surface area contributed by atoms with Gasteiger partial charge in [-0.3, -0.25) is 9.69 Å². The molecule has 2 saturated heterocycles. The van der Waals surface area contributed by atoms with Crippen molar-refractivity contribution in [3.05, 3.63) is 0 Å². The molecular formula is C17H30N2O4. The van der Waals surface area contributed by atoms with E-state index >= 15 is 0 Å². The molecule has 0 aromatic heterocycles. The van der Waals surface area contributed by atoms with Crippen LogP contribution in [0.5, 0.6) is 0 Å². The minimum atomic E-state index is -0.819. The molecule has 3 rings (SSSR count). The van der Waals surface area contributed by atoms with Gasteiger partial charge in [-0.2, -0.15) is 0 Å². The monoisotopic (exact) mass is 326 g/mol. The van der Waals surface area contributed by atoms with Crippen LogP contribution in [0.4, 0.5) is 0 Å². The summed E-state index contributed by atoms with van der Waals surface area (Å²) < 4.78 is 5.34. The van der Waals surface area contributed by atoms with E-state index in [4.69, 9.17) is 4.74 Å². The highest BCUT2D eigenvalue weighted by atomic mass is 16.5. The van der Waals surface area contributed by atoms with Gasteiger partial charge in [0.05, 0.1) is 37.4 Å². The second-order valence-corrected chi connectivity index (χ2v) is 7.64. The highest BCUT2D eigenvalue weighted by Crippen LogP contribution is 2.32. The third kappa shape index (κ3) is 4.44. The van der Waals surface area contributed by atoms with E-state index in [0.717, 1.165) is 45.2 Å². The molecule has 2 aliphatic heterocycles. The summed E-state index contributed by atoms with van der Waals surface area (Å²) in [4.78, 5) is 16.5. The molecular weight excluding hydrogens is 296 g/mol. The first-order valence-corrected chi connectivity index (χ1v) is 9.01. The highest BCUT2D eigenvalue weighted by Gasteiger charge is 2.41. The van der Waals surface area contributed by atoms with Crippen LogP contribution in [-0.2, 0) is 9.53 Å². The lowest BCUT2D eigenvalue weighted by Crippen LogP contribution is -2.49. The molecule has 1 amide bonds. The molecule has 132 valence electrons. The Balaban J connectivity index is 1.50. The van der Waals surface area contributed by atoms with E-state index in [1.165, 1.54) is 0 Å². The number of ether oxygens (including phenoxy) is 1. The standard InChI is InChI=1S/C17H30N2O4/c20-15(12-16(21)4-2-1-3-5-16)19-7-6-17(22,14-19)13-18-8-10-23-11-9-18/h21-22H,1-14H2/t17-/m0/s1. The average Bonchev–Trinajstić information content (AvgIpc) is 2.91. The van der Waals surface area contributed by atoms with Crippen molar-refractivity contribution >= 4 is 5.91 Å². The SMILES string of the molecule is O=C(CC1(O)CCCCC1)N1CC[C@](O)(CN2CCOCC2)C1. The molecule has 2 N–H and O–H groups in total. The summed E-state index contributed by atoms with van der Waals surface area (Å²) >= 11 is 0. The number of rotatable bonds is 4. The normalized spacial score (nSPS) is 32.2. The van der Waals surface area contributed by atoms with Crippen LogP contribution in [0.3, 0.4) is 0 Å². The lowest BCUT2D eigenvalue weighted by atomic mass is 9.82. The van der Waals surface area contributed by atoms with Crippen LogP contribution in [0, 0.1) is 0 Å². The van der Waals surface area contributed by atoms with E-state index in [0.29, 0.717) is 39.3 Å². The van der Waals surface area contributed by atoms with Crippen molar-refractivity contribution in [2.24, 2.45) is 0 Å². The van der Waals surface area contributed by atoms with E-state index < -0.39 is 11.2 Å². The predicted molar refractivity (Wildman–Crippen MR) is 86.1 cm³/mol. The molecule has 0 spiro atoms. The zero-order valence-corrected chi connectivity index (χ0v) is 14.0. The fourth-order valence-electron chi connectivity index (χ4n) is 4.15. The Kier molecular flexibility index (Phi) is 5.26. The number of hydrogen-bond acceptors (Lipinski definition) is 5. The molecule has 0 aromatic rings. The van der Waals surface area contributed by atoms with Gasteiger partial charge in [0.1, 0.15) is 0 Å². The van der Waals surface area contributed by atoms with E-state index in [9.17, 15) is 15.0 Å². The number of carbonyl (C=O) groups is 1. The Morgan fingerprint density at radius 3 is 2.35 bits per heavy atom. The first-order chi connectivity index (χ1) is 11.0. The molecule has 6 heteroatoms. The molecule has 6 nitrogen and oxygen atoms in total. The van der Waals surface area contributed by atoms with Crippen LogP contribution < -0.4 is 0 Å². The fourth-order valence-corrected chi connectivity index (χ4v) is 4.15. The molecule has 1 saturated carbocycles. The van der Waals surface area contributed by atoms with Gasteiger partial charge < -0.3 is 19.8 Å². The van der Waals surface area contributed by atoms with Crippen molar-refractivity contribution in [3.8, 4) is 0 Å². The second-order valence-electron chi connectivity index (χ2n) is 7.64. The maximum atomic E-state index is 12.5. The first-order valence-electron chi connectivity index (χ1n) is 9.01. The summed E-state index contributed by atoms with van der Waals surface area (Å²) in [5, 5.41) is 21.4. The highest BCUT2D eigenvalue weighted by molar-refractivity contribution is 5.77. The van der Waals surface area contributed by atoms with Gasteiger partial charge >= 0.3 is 0 Å². The molecule has 0 bridgehead atoms. The molecule has 1 atom stereocenters. The van der Waals surface area contributed by atoms with E-state index in [2.05, 4.69) is 4.90 Å². The summed E-state index contributed by atoms with van der Waals surface area (Å²) in [5.74, 6) is -0.00713. The minimum Gasteiger partial charge on any atom is -0.389 e. The quantitative estimate of drug-likeness (QED) is 0.781. The number of amides is 1. The van der Waals surface area contributed by atoms with Gasteiger partial charge in [-0.25, -0.2) is 0 Å². The summed E-state index contributed by atoms with van der Waals surface area (Å²) in [6, 6.07) is 0. The third-order valence-electron chi connectivity index (χ3n) is 5.57. The van der Waals surface area contributed by atoms with Gasteiger partial charge in [0.2, 0.25) is 5.91 Å². The number of β-amino-alcohol motifs (C(OH)–C–C–N with tert-alkyl or cyclic N) is 1. The average molecular weight is 326 g/mol. The van der Waals surface area contributed by atoms with Gasteiger partial charge in [-0.15, -0.1) is 0 Å². The number of nitrogens with zero attached hydrogens (tertiary/aromatic N) is 2. The van der Waals surface area contributed by atoms with Crippen molar-refractivity contribution in [1.82, 2.24) is 9.80 Å². The van der Waals surface area contributed by atoms with E-state index in [1.54, 1.807) is 4.90 Å². The Morgan fingerprint density at radius 1 is 0.957 bits per heavy atom. The Bertz CT molecular complexity index is 419. The number of aliphatic hydroxyl groups is 2. The van der Waals surface area contributed by atoms with E-state index in [-0.39, 0.29) is 12.3 Å². The van der Waals surface area contributed by atoms with Gasteiger partial charge in [0.25, 0.3) is 0 Å². The van der Waals surface area contributed by atoms with Gasteiger partial charge in [-0.1, -0.05) is 19.3 Å². The topological polar surface area (TPSA) is 73.2 Å². The molecule has 2 heterocycles. The van der Waals surface area contributed by atoms with Gasteiger partial charge in [0, 0.05) is 26.2 Å². The van der Waals surface area contributed by atoms with Gasteiger partial charge in [0.15, 0.2) is 0 Å². The summed E-state index contributed by atoms with van der Waals surface area (Å²) in [6.07, 6.45) is 5.44. The summed E-state index contributed by atoms with van der Waals surface area (Å²) in [5.41, 5.74) is -1.64. The Morgan fingerprint density at radius 2 is 1.65 bits per heavy atom. The number of hydrogen-bond donors (Lipinski definition) is 2. The fraction of sp³-hybridized carbons (Fsp3) is 0.941. The van der Waals surface area contributed by atoms with Crippen LogP contribution in [0.15, 0.2) is 0 Å². The number of carbonyl (C=O) groups excluding carboxylic acids is 1. The smallest absolute Gasteiger partial charge is 0.225 e. The molecule has 0 unspecified atom stereocenters. The van der Waals surface area contributed by atoms with Crippen molar-refractivity contribution in [1.29, 1.82) is 0 Å². The maximum Gasteiger partial charge on any atom is 0.225 e.